The Hall–Kier alpha value is -3.85. The highest BCUT2D eigenvalue weighted by Crippen LogP contribution is 2.24. The van der Waals surface area contributed by atoms with Crippen LogP contribution in [-0.4, -0.2) is 39.4 Å². The lowest BCUT2D eigenvalue weighted by Crippen LogP contribution is -2.29. The molecule has 0 aliphatic carbocycles. The van der Waals surface area contributed by atoms with Gasteiger partial charge in [0.2, 0.25) is 11.8 Å². The predicted octanol–water partition coefficient (Wildman–Crippen LogP) is 4.13. The van der Waals surface area contributed by atoms with E-state index in [0.29, 0.717) is 11.0 Å². The number of ether oxygens (including phenoxy) is 1. The second-order valence-corrected chi connectivity index (χ2v) is 9.02. The molecule has 0 radical (unpaired) electrons. The van der Waals surface area contributed by atoms with Gasteiger partial charge in [0.15, 0.2) is 11.0 Å². The van der Waals surface area contributed by atoms with Crippen molar-refractivity contribution in [2.75, 3.05) is 18.2 Å². The minimum atomic E-state index is -0.336. The Kier molecular flexibility index (Phi) is 7.67. The number of fused-ring (bicyclic) bond motifs is 1. The van der Waals surface area contributed by atoms with Gasteiger partial charge in [-0.1, -0.05) is 60.3 Å². The van der Waals surface area contributed by atoms with E-state index in [0.717, 1.165) is 27.8 Å². The van der Waals surface area contributed by atoms with Crippen molar-refractivity contribution in [3.8, 4) is 5.75 Å². The van der Waals surface area contributed by atoms with Crippen molar-refractivity contribution in [3.05, 3.63) is 78.1 Å². The zero-order valence-electron chi connectivity index (χ0n) is 19.8. The first-order valence-corrected chi connectivity index (χ1v) is 12.1. The van der Waals surface area contributed by atoms with Crippen LogP contribution in [0.25, 0.3) is 10.8 Å². The molecule has 180 valence electrons. The lowest BCUT2D eigenvalue weighted by atomic mass is 10.1. The third-order valence-electron chi connectivity index (χ3n) is 5.55. The molecule has 8 nitrogen and oxygen atoms in total. The summed E-state index contributed by atoms with van der Waals surface area (Å²) in [5.74, 6) is 1.31. The fourth-order valence-electron chi connectivity index (χ4n) is 3.77. The maximum absolute atomic E-state index is 12.6. The van der Waals surface area contributed by atoms with E-state index in [-0.39, 0.29) is 30.0 Å². The summed E-state index contributed by atoms with van der Waals surface area (Å²) in [5, 5.41) is 17.0. The van der Waals surface area contributed by atoms with Gasteiger partial charge >= 0.3 is 0 Å². The number of thioether (sulfide) groups is 1. The van der Waals surface area contributed by atoms with Crippen molar-refractivity contribution in [1.82, 2.24) is 20.1 Å². The lowest BCUT2D eigenvalue weighted by molar-refractivity contribution is -0.121. The van der Waals surface area contributed by atoms with Crippen molar-refractivity contribution in [1.29, 1.82) is 0 Å². The van der Waals surface area contributed by atoms with E-state index in [2.05, 4.69) is 20.8 Å². The fourth-order valence-corrected chi connectivity index (χ4v) is 4.48. The predicted molar refractivity (Wildman–Crippen MR) is 138 cm³/mol. The fraction of sp³-hybridized carbons (Fsp3) is 0.231. The molecule has 1 atom stereocenters. The smallest absolute Gasteiger partial charge is 0.234 e. The largest absolute Gasteiger partial charge is 0.497 e. The topological polar surface area (TPSA) is 98.1 Å². The summed E-state index contributed by atoms with van der Waals surface area (Å²) in [6, 6.07) is 20.8. The Labute approximate surface area is 208 Å². The van der Waals surface area contributed by atoms with Crippen LogP contribution in [0.1, 0.15) is 24.4 Å². The minimum absolute atomic E-state index is 0.116. The second kappa shape index (κ2) is 11.1. The molecular formula is C26H27N5O3S. The number of hydrogen-bond acceptors (Lipinski definition) is 6. The van der Waals surface area contributed by atoms with Crippen molar-refractivity contribution < 1.29 is 14.3 Å². The minimum Gasteiger partial charge on any atom is -0.497 e. The van der Waals surface area contributed by atoms with E-state index >= 15 is 0 Å². The second-order valence-electron chi connectivity index (χ2n) is 8.08. The molecule has 3 aromatic carbocycles. The summed E-state index contributed by atoms with van der Waals surface area (Å²) in [6.45, 7) is 1.86. The van der Waals surface area contributed by atoms with Gasteiger partial charge in [-0.3, -0.25) is 9.59 Å². The monoisotopic (exact) mass is 489 g/mol. The average molecular weight is 490 g/mol. The van der Waals surface area contributed by atoms with Crippen LogP contribution in [0.5, 0.6) is 5.75 Å². The van der Waals surface area contributed by atoms with Crippen molar-refractivity contribution >= 4 is 40.0 Å². The van der Waals surface area contributed by atoms with E-state index in [9.17, 15) is 9.59 Å². The highest BCUT2D eigenvalue weighted by molar-refractivity contribution is 7.99. The molecule has 2 amide bonds. The highest BCUT2D eigenvalue weighted by Gasteiger charge is 2.19. The molecule has 0 saturated heterocycles. The zero-order valence-corrected chi connectivity index (χ0v) is 20.6. The summed E-state index contributed by atoms with van der Waals surface area (Å²) in [5.41, 5.74) is 1.67. The van der Waals surface area contributed by atoms with Gasteiger partial charge in [0.05, 0.1) is 25.3 Å². The van der Waals surface area contributed by atoms with Crippen LogP contribution in [-0.2, 0) is 23.1 Å². The Morgan fingerprint density at radius 2 is 1.74 bits per heavy atom. The van der Waals surface area contributed by atoms with Crippen LogP contribution < -0.4 is 15.4 Å². The maximum atomic E-state index is 12.6. The molecule has 0 aliphatic heterocycles. The number of amides is 2. The first kappa shape index (κ1) is 24.3. The number of anilines is 1. The Bertz CT molecular complexity index is 1330. The number of carbonyl (C=O) groups excluding carboxylic acids is 2. The standard InChI is InChI=1S/C26H27N5O3S/c1-17(27-23(32)15-18-11-13-20(34-3)14-12-18)25-29-30-26(31(25)2)35-16-24(33)28-22-10-6-8-19-7-4-5-9-21(19)22/h4-14,17H,15-16H2,1-3H3,(H,27,32)(H,28,33)/t17-/m1/s1. The number of hydrogen-bond donors (Lipinski definition) is 2. The van der Waals surface area contributed by atoms with E-state index in [4.69, 9.17) is 4.74 Å². The van der Waals surface area contributed by atoms with Crippen LogP contribution in [0.2, 0.25) is 0 Å². The number of carbonyl (C=O) groups is 2. The molecule has 1 aromatic heterocycles. The van der Waals surface area contributed by atoms with Gasteiger partial charge < -0.3 is 19.9 Å². The Morgan fingerprint density at radius 3 is 2.51 bits per heavy atom. The molecule has 9 heteroatoms. The van der Waals surface area contributed by atoms with E-state index in [1.165, 1.54) is 11.8 Å². The molecule has 4 aromatic rings. The third-order valence-corrected chi connectivity index (χ3v) is 6.57. The summed E-state index contributed by atoms with van der Waals surface area (Å²) >= 11 is 1.30. The van der Waals surface area contributed by atoms with Gasteiger partial charge in [0.25, 0.3) is 0 Å². The van der Waals surface area contributed by atoms with Gasteiger partial charge in [0.1, 0.15) is 5.75 Å². The number of rotatable bonds is 9. The average Bonchev–Trinajstić information content (AvgIpc) is 3.23. The molecule has 0 bridgehead atoms. The van der Waals surface area contributed by atoms with Crippen molar-refractivity contribution in [2.24, 2.45) is 7.05 Å². The molecule has 0 saturated carbocycles. The number of aromatic nitrogens is 3. The summed E-state index contributed by atoms with van der Waals surface area (Å²) in [6.07, 6.45) is 0.252. The van der Waals surface area contributed by atoms with Gasteiger partial charge in [-0.2, -0.15) is 0 Å². The summed E-state index contributed by atoms with van der Waals surface area (Å²) < 4.78 is 6.95. The normalized spacial score (nSPS) is 11.7. The number of methoxy groups -OCH3 is 1. The molecule has 35 heavy (non-hydrogen) atoms. The van der Waals surface area contributed by atoms with Crippen LogP contribution in [0.4, 0.5) is 5.69 Å². The van der Waals surface area contributed by atoms with Gasteiger partial charge in [-0.25, -0.2) is 0 Å². The van der Waals surface area contributed by atoms with Crippen LogP contribution in [0.15, 0.2) is 71.9 Å². The van der Waals surface area contributed by atoms with E-state index < -0.39 is 0 Å². The molecule has 0 aliphatic rings. The molecule has 4 rings (SSSR count). The number of nitrogens with zero attached hydrogens (tertiary/aromatic N) is 3. The SMILES string of the molecule is COc1ccc(CC(=O)N[C@H](C)c2nnc(SCC(=O)Nc3cccc4ccccc34)n2C)cc1. The number of benzene rings is 3. The Morgan fingerprint density at radius 1 is 1.00 bits per heavy atom. The molecular weight excluding hydrogens is 462 g/mol. The van der Waals surface area contributed by atoms with Gasteiger partial charge in [-0.15, -0.1) is 10.2 Å². The summed E-state index contributed by atoms with van der Waals surface area (Å²) in [4.78, 5) is 25.1. The molecule has 0 spiro atoms. The summed E-state index contributed by atoms with van der Waals surface area (Å²) in [7, 11) is 3.43. The zero-order chi connectivity index (χ0) is 24.8. The first-order valence-electron chi connectivity index (χ1n) is 11.2. The maximum Gasteiger partial charge on any atom is 0.234 e. The molecule has 2 N–H and O–H groups in total. The highest BCUT2D eigenvalue weighted by atomic mass is 32.2. The van der Waals surface area contributed by atoms with Gasteiger partial charge in [-0.05, 0) is 36.1 Å². The van der Waals surface area contributed by atoms with Crippen LogP contribution in [0, 0.1) is 0 Å². The van der Waals surface area contributed by atoms with E-state index in [1.54, 1.807) is 11.7 Å². The first-order chi connectivity index (χ1) is 16.9. The molecule has 0 unspecified atom stereocenters. The quantitative estimate of drug-likeness (QED) is 0.343. The molecule has 1 heterocycles. The molecule has 0 fully saturated rings. The number of nitrogens with one attached hydrogen (secondary N) is 2. The van der Waals surface area contributed by atoms with Crippen molar-refractivity contribution in [2.45, 2.75) is 24.5 Å². The van der Waals surface area contributed by atoms with Crippen molar-refractivity contribution in [3.63, 3.8) is 0 Å². The van der Waals surface area contributed by atoms with Gasteiger partial charge in [0, 0.05) is 18.1 Å². The Balaban J connectivity index is 1.32. The van der Waals surface area contributed by atoms with Crippen LogP contribution >= 0.6 is 11.8 Å². The lowest BCUT2D eigenvalue weighted by Gasteiger charge is -2.14. The third kappa shape index (κ3) is 5.99. The van der Waals surface area contributed by atoms with E-state index in [1.807, 2.05) is 80.7 Å². The van der Waals surface area contributed by atoms with Crippen LogP contribution in [0.3, 0.4) is 0 Å².